The molecule has 0 saturated carbocycles. The SMILES string of the molecule is C#Cc1ccccc1CC(C)(C)C(=O)O. The highest BCUT2D eigenvalue weighted by Gasteiger charge is 2.27. The summed E-state index contributed by atoms with van der Waals surface area (Å²) in [6.45, 7) is 3.39. The van der Waals surface area contributed by atoms with Crippen molar-refractivity contribution in [3.05, 3.63) is 35.4 Å². The Bertz CT molecular complexity index is 411. The molecule has 2 heteroatoms. The van der Waals surface area contributed by atoms with Crippen molar-refractivity contribution in [2.24, 2.45) is 5.41 Å². The van der Waals surface area contributed by atoms with Crippen LogP contribution in [0.25, 0.3) is 0 Å². The van der Waals surface area contributed by atoms with Crippen LogP contribution >= 0.6 is 0 Å². The third kappa shape index (κ3) is 2.60. The van der Waals surface area contributed by atoms with E-state index in [9.17, 15) is 4.79 Å². The fourth-order valence-corrected chi connectivity index (χ4v) is 1.37. The molecule has 0 radical (unpaired) electrons. The minimum atomic E-state index is -0.811. The predicted molar refractivity (Wildman–Crippen MR) is 59.5 cm³/mol. The minimum Gasteiger partial charge on any atom is -0.481 e. The number of hydrogen-bond acceptors (Lipinski definition) is 1. The summed E-state index contributed by atoms with van der Waals surface area (Å²) in [4.78, 5) is 11.0. The first-order valence-electron chi connectivity index (χ1n) is 4.75. The molecule has 78 valence electrons. The van der Waals surface area contributed by atoms with Crippen LogP contribution in [0.2, 0.25) is 0 Å². The lowest BCUT2D eigenvalue weighted by molar-refractivity contribution is -0.146. The summed E-state index contributed by atoms with van der Waals surface area (Å²) in [5, 5.41) is 9.01. The Morgan fingerprint density at radius 3 is 2.60 bits per heavy atom. The van der Waals surface area contributed by atoms with E-state index in [-0.39, 0.29) is 0 Å². The Morgan fingerprint density at radius 2 is 2.07 bits per heavy atom. The van der Waals surface area contributed by atoms with E-state index in [1.807, 2.05) is 24.3 Å². The molecule has 0 aliphatic heterocycles. The fourth-order valence-electron chi connectivity index (χ4n) is 1.37. The van der Waals surface area contributed by atoms with Crippen molar-refractivity contribution in [2.45, 2.75) is 20.3 Å². The first kappa shape index (κ1) is 11.3. The zero-order chi connectivity index (χ0) is 11.5. The molecule has 1 aromatic carbocycles. The maximum absolute atomic E-state index is 11.0. The maximum Gasteiger partial charge on any atom is 0.309 e. The van der Waals surface area contributed by atoms with Gasteiger partial charge < -0.3 is 5.11 Å². The van der Waals surface area contributed by atoms with Crippen LogP contribution in [0.5, 0.6) is 0 Å². The molecule has 2 nitrogen and oxygen atoms in total. The molecule has 0 atom stereocenters. The van der Waals surface area contributed by atoms with Crippen LogP contribution in [-0.4, -0.2) is 11.1 Å². The van der Waals surface area contributed by atoms with Gasteiger partial charge in [-0.2, -0.15) is 0 Å². The first-order chi connectivity index (χ1) is 6.97. The van der Waals surface area contributed by atoms with Crippen molar-refractivity contribution >= 4 is 5.97 Å². The number of carboxylic acids is 1. The zero-order valence-corrected chi connectivity index (χ0v) is 8.95. The van der Waals surface area contributed by atoms with Crippen LogP contribution in [0.1, 0.15) is 25.0 Å². The third-order valence-electron chi connectivity index (χ3n) is 2.38. The third-order valence-corrected chi connectivity index (χ3v) is 2.38. The van der Waals surface area contributed by atoms with Gasteiger partial charge in [-0.3, -0.25) is 4.79 Å². The molecule has 1 aromatic rings. The highest BCUT2D eigenvalue weighted by Crippen LogP contribution is 2.23. The summed E-state index contributed by atoms with van der Waals surface area (Å²) >= 11 is 0. The van der Waals surface area contributed by atoms with Gasteiger partial charge in [-0.1, -0.05) is 24.1 Å². The normalized spacial score (nSPS) is 10.7. The molecule has 0 heterocycles. The van der Waals surface area contributed by atoms with Crippen LogP contribution in [0.15, 0.2) is 24.3 Å². The van der Waals surface area contributed by atoms with Gasteiger partial charge >= 0.3 is 5.97 Å². The van der Waals surface area contributed by atoms with E-state index in [1.54, 1.807) is 13.8 Å². The van der Waals surface area contributed by atoms with Gasteiger partial charge in [0, 0.05) is 5.56 Å². The summed E-state index contributed by atoms with van der Waals surface area (Å²) < 4.78 is 0. The van der Waals surface area contributed by atoms with Gasteiger partial charge in [0.15, 0.2) is 0 Å². The second-order valence-electron chi connectivity index (χ2n) is 4.17. The number of hydrogen-bond donors (Lipinski definition) is 1. The molecule has 0 aromatic heterocycles. The van der Waals surface area contributed by atoms with E-state index in [2.05, 4.69) is 5.92 Å². The van der Waals surface area contributed by atoms with E-state index < -0.39 is 11.4 Å². The maximum atomic E-state index is 11.0. The second kappa shape index (κ2) is 4.18. The van der Waals surface area contributed by atoms with Gasteiger partial charge in [-0.15, -0.1) is 6.42 Å². The lowest BCUT2D eigenvalue weighted by Gasteiger charge is -2.19. The van der Waals surface area contributed by atoms with E-state index in [1.165, 1.54) is 0 Å². The molecular weight excluding hydrogens is 188 g/mol. The highest BCUT2D eigenvalue weighted by atomic mass is 16.4. The minimum absolute atomic E-state index is 0.447. The van der Waals surface area contributed by atoms with Crippen molar-refractivity contribution in [1.82, 2.24) is 0 Å². The molecule has 0 fully saturated rings. The molecular formula is C13H14O2. The summed E-state index contributed by atoms with van der Waals surface area (Å²) in [7, 11) is 0. The van der Waals surface area contributed by atoms with Crippen LogP contribution in [0.3, 0.4) is 0 Å². The molecule has 0 aliphatic rings. The quantitative estimate of drug-likeness (QED) is 0.764. The van der Waals surface area contributed by atoms with Crippen molar-refractivity contribution < 1.29 is 9.90 Å². The lowest BCUT2D eigenvalue weighted by atomic mass is 9.84. The smallest absolute Gasteiger partial charge is 0.309 e. The van der Waals surface area contributed by atoms with Gasteiger partial charge in [0.1, 0.15) is 0 Å². The van der Waals surface area contributed by atoms with Gasteiger partial charge in [0.05, 0.1) is 5.41 Å². The molecule has 0 amide bonds. The summed E-state index contributed by atoms with van der Waals surface area (Å²) in [5.41, 5.74) is 0.895. The van der Waals surface area contributed by atoms with Gasteiger partial charge in [-0.05, 0) is 31.9 Å². The van der Waals surface area contributed by atoms with Crippen LogP contribution < -0.4 is 0 Å². The first-order valence-corrected chi connectivity index (χ1v) is 4.75. The number of aliphatic carboxylic acids is 1. The fraction of sp³-hybridized carbons (Fsp3) is 0.308. The Balaban J connectivity index is 3.00. The van der Waals surface area contributed by atoms with E-state index in [0.29, 0.717) is 6.42 Å². The molecule has 0 spiro atoms. The molecule has 0 saturated heterocycles. The number of carboxylic acid groups (broad SMARTS) is 1. The van der Waals surface area contributed by atoms with Gasteiger partial charge in [0.2, 0.25) is 0 Å². The Morgan fingerprint density at radius 1 is 1.47 bits per heavy atom. The molecule has 1 N–H and O–H groups in total. The van der Waals surface area contributed by atoms with Crippen molar-refractivity contribution in [2.75, 3.05) is 0 Å². The van der Waals surface area contributed by atoms with Crippen LogP contribution in [0, 0.1) is 17.8 Å². The van der Waals surface area contributed by atoms with E-state index >= 15 is 0 Å². The number of rotatable bonds is 3. The van der Waals surface area contributed by atoms with Crippen molar-refractivity contribution in [3.8, 4) is 12.3 Å². The lowest BCUT2D eigenvalue weighted by Crippen LogP contribution is -2.26. The Kier molecular flexibility index (Phi) is 3.16. The van der Waals surface area contributed by atoms with Crippen molar-refractivity contribution in [3.63, 3.8) is 0 Å². The molecule has 0 unspecified atom stereocenters. The summed E-state index contributed by atoms with van der Waals surface area (Å²) in [6, 6.07) is 7.42. The number of carbonyl (C=O) groups is 1. The van der Waals surface area contributed by atoms with Gasteiger partial charge in [-0.25, -0.2) is 0 Å². The number of benzene rings is 1. The predicted octanol–water partition coefficient (Wildman–Crippen LogP) is 2.32. The Hall–Kier alpha value is -1.75. The monoisotopic (exact) mass is 202 g/mol. The average Bonchev–Trinajstić information content (AvgIpc) is 2.18. The van der Waals surface area contributed by atoms with Crippen LogP contribution in [-0.2, 0) is 11.2 Å². The topological polar surface area (TPSA) is 37.3 Å². The second-order valence-corrected chi connectivity index (χ2v) is 4.17. The molecule has 0 bridgehead atoms. The summed E-state index contributed by atoms with van der Waals surface area (Å²) in [6.07, 6.45) is 5.80. The molecule has 15 heavy (non-hydrogen) atoms. The highest BCUT2D eigenvalue weighted by molar-refractivity contribution is 5.74. The largest absolute Gasteiger partial charge is 0.481 e. The number of terminal acetylenes is 1. The average molecular weight is 202 g/mol. The molecule has 1 rings (SSSR count). The van der Waals surface area contributed by atoms with E-state index in [4.69, 9.17) is 11.5 Å². The standard InChI is InChI=1S/C13H14O2/c1-4-10-7-5-6-8-11(10)9-13(2,3)12(14)15/h1,5-8H,9H2,2-3H3,(H,14,15). The Labute approximate surface area is 89.9 Å². The molecule has 0 aliphatic carbocycles. The van der Waals surface area contributed by atoms with E-state index in [0.717, 1.165) is 11.1 Å². The van der Waals surface area contributed by atoms with Crippen LogP contribution in [0.4, 0.5) is 0 Å². The zero-order valence-electron chi connectivity index (χ0n) is 8.95. The summed E-state index contributed by atoms with van der Waals surface area (Å²) in [5.74, 6) is 1.75. The van der Waals surface area contributed by atoms with Crippen molar-refractivity contribution in [1.29, 1.82) is 0 Å². The van der Waals surface area contributed by atoms with Gasteiger partial charge in [0.25, 0.3) is 0 Å².